The number of rotatable bonds is 1. The van der Waals surface area contributed by atoms with Gasteiger partial charge in [-0.3, -0.25) is 4.79 Å². The van der Waals surface area contributed by atoms with Crippen molar-refractivity contribution in [1.29, 1.82) is 0 Å². The number of hydrogen-bond donors (Lipinski definition) is 1. The number of nitrogens with two attached hydrogens (primary N) is 1. The summed E-state index contributed by atoms with van der Waals surface area (Å²) in [5.74, 6) is 0.133. The van der Waals surface area contributed by atoms with Gasteiger partial charge in [0.2, 0.25) is 5.91 Å². The van der Waals surface area contributed by atoms with Crippen LogP contribution in [0.4, 0.5) is 0 Å². The quantitative estimate of drug-likeness (QED) is 0.747. The van der Waals surface area contributed by atoms with E-state index in [1.165, 1.54) is 5.56 Å². The molecule has 0 aromatic heterocycles. The molecule has 2 rings (SSSR count). The monoisotopic (exact) mass is 204 g/mol. The number of likely N-dealkylation sites (tertiary alicyclic amines) is 1. The average Bonchev–Trinajstić information content (AvgIpc) is 2.41. The normalized spacial score (nSPS) is 26.1. The van der Waals surface area contributed by atoms with Crippen LogP contribution in [-0.2, 0) is 4.79 Å². The molecule has 1 fully saturated rings. The Hall–Kier alpha value is -1.35. The number of carbonyl (C=O) groups excluding carboxylic acids is 1. The van der Waals surface area contributed by atoms with Gasteiger partial charge in [-0.15, -0.1) is 0 Å². The SMILES string of the molecule is Cc1cccc([C@H]2[C@H](N)CC(=O)N2C)c1. The fraction of sp³-hybridized carbons (Fsp3) is 0.417. The maximum atomic E-state index is 11.5. The van der Waals surface area contributed by atoms with Crippen molar-refractivity contribution in [2.24, 2.45) is 5.73 Å². The summed E-state index contributed by atoms with van der Waals surface area (Å²) in [6.07, 6.45) is 0.453. The summed E-state index contributed by atoms with van der Waals surface area (Å²) in [4.78, 5) is 13.2. The lowest BCUT2D eigenvalue weighted by atomic mass is 9.99. The Morgan fingerprint density at radius 3 is 2.73 bits per heavy atom. The van der Waals surface area contributed by atoms with E-state index < -0.39 is 0 Å². The topological polar surface area (TPSA) is 46.3 Å². The Labute approximate surface area is 89.9 Å². The maximum absolute atomic E-state index is 11.5. The molecule has 15 heavy (non-hydrogen) atoms. The van der Waals surface area contributed by atoms with Crippen LogP contribution >= 0.6 is 0 Å². The third-order valence-electron chi connectivity index (χ3n) is 3.01. The lowest BCUT2D eigenvalue weighted by molar-refractivity contribution is -0.127. The van der Waals surface area contributed by atoms with Crippen molar-refractivity contribution in [2.75, 3.05) is 7.05 Å². The Balaban J connectivity index is 2.34. The fourth-order valence-corrected chi connectivity index (χ4v) is 2.22. The predicted octanol–water partition coefficient (Wildman–Crippen LogP) is 1.23. The first-order valence-corrected chi connectivity index (χ1v) is 5.17. The van der Waals surface area contributed by atoms with E-state index in [1.54, 1.807) is 4.90 Å². The summed E-state index contributed by atoms with van der Waals surface area (Å²) in [7, 11) is 1.82. The molecule has 1 saturated heterocycles. The Morgan fingerprint density at radius 1 is 1.47 bits per heavy atom. The maximum Gasteiger partial charge on any atom is 0.224 e. The molecule has 1 aliphatic heterocycles. The van der Waals surface area contributed by atoms with Crippen LogP contribution < -0.4 is 5.73 Å². The molecule has 3 heteroatoms. The van der Waals surface area contributed by atoms with Crippen LogP contribution in [0.2, 0.25) is 0 Å². The van der Waals surface area contributed by atoms with Gasteiger partial charge >= 0.3 is 0 Å². The van der Waals surface area contributed by atoms with Gasteiger partial charge in [-0.1, -0.05) is 29.8 Å². The van der Waals surface area contributed by atoms with Crippen LogP contribution in [0.5, 0.6) is 0 Å². The van der Waals surface area contributed by atoms with Crippen molar-refractivity contribution >= 4 is 5.91 Å². The molecule has 0 aliphatic carbocycles. The zero-order valence-corrected chi connectivity index (χ0v) is 9.10. The average molecular weight is 204 g/mol. The minimum Gasteiger partial charge on any atom is -0.337 e. The summed E-state index contributed by atoms with van der Waals surface area (Å²) in [6, 6.07) is 8.15. The van der Waals surface area contributed by atoms with Crippen molar-refractivity contribution in [3.8, 4) is 0 Å². The molecule has 0 bridgehead atoms. The molecule has 0 radical (unpaired) electrons. The van der Waals surface area contributed by atoms with Gasteiger partial charge in [0.05, 0.1) is 6.04 Å². The second-order valence-electron chi connectivity index (χ2n) is 4.23. The summed E-state index contributed by atoms with van der Waals surface area (Å²) < 4.78 is 0. The second-order valence-corrected chi connectivity index (χ2v) is 4.23. The highest BCUT2D eigenvalue weighted by Gasteiger charge is 2.35. The highest BCUT2D eigenvalue weighted by atomic mass is 16.2. The number of carbonyl (C=O) groups is 1. The molecule has 1 heterocycles. The van der Waals surface area contributed by atoms with E-state index in [9.17, 15) is 4.79 Å². The molecular formula is C12H16N2O. The summed E-state index contributed by atoms with van der Waals surface area (Å²) in [5.41, 5.74) is 8.32. The largest absolute Gasteiger partial charge is 0.337 e. The molecule has 0 unspecified atom stereocenters. The zero-order valence-electron chi connectivity index (χ0n) is 9.10. The molecule has 2 N–H and O–H groups in total. The molecule has 1 aromatic carbocycles. The minimum absolute atomic E-state index is 0.0393. The Morgan fingerprint density at radius 2 is 2.20 bits per heavy atom. The van der Waals surface area contributed by atoms with Crippen molar-refractivity contribution < 1.29 is 4.79 Å². The van der Waals surface area contributed by atoms with Crippen molar-refractivity contribution in [1.82, 2.24) is 4.90 Å². The van der Waals surface area contributed by atoms with Crippen LogP contribution in [0.25, 0.3) is 0 Å². The lowest BCUT2D eigenvalue weighted by Gasteiger charge is -2.23. The fourth-order valence-electron chi connectivity index (χ4n) is 2.22. The third-order valence-corrected chi connectivity index (χ3v) is 3.01. The highest BCUT2D eigenvalue weighted by molar-refractivity contribution is 5.80. The van der Waals surface area contributed by atoms with Gasteiger partial charge in [-0.2, -0.15) is 0 Å². The summed E-state index contributed by atoms with van der Waals surface area (Å²) in [6.45, 7) is 2.05. The smallest absolute Gasteiger partial charge is 0.224 e. The van der Waals surface area contributed by atoms with E-state index in [1.807, 2.05) is 32.2 Å². The summed E-state index contributed by atoms with van der Waals surface area (Å²) >= 11 is 0. The molecule has 1 aliphatic rings. The molecule has 2 atom stereocenters. The first-order chi connectivity index (χ1) is 7.09. The van der Waals surface area contributed by atoms with Gasteiger partial charge in [0.1, 0.15) is 0 Å². The van der Waals surface area contributed by atoms with E-state index >= 15 is 0 Å². The lowest BCUT2D eigenvalue weighted by Crippen LogP contribution is -2.30. The Bertz CT molecular complexity index is 389. The molecule has 3 nitrogen and oxygen atoms in total. The number of amides is 1. The van der Waals surface area contributed by atoms with E-state index in [0.29, 0.717) is 6.42 Å². The number of likely N-dealkylation sites (N-methyl/N-ethyl adjacent to an activating group) is 1. The van der Waals surface area contributed by atoms with E-state index in [-0.39, 0.29) is 18.0 Å². The molecular weight excluding hydrogens is 188 g/mol. The van der Waals surface area contributed by atoms with Gasteiger partial charge in [0, 0.05) is 19.5 Å². The number of benzene rings is 1. The van der Waals surface area contributed by atoms with Crippen LogP contribution in [-0.4, -0.2) is 23.9 Å². The van der Waals surface area contributed by atoms with Crippen LogP contribution in [0, 0.1) is 6.92 Å². The molecule has 1 aromatic rings. The van der Waals surface area contributed by atoms with Gasteiger partial charge in [0.15, 0.2) is 0 Å². The number of nitrogens with zero attached hydrogens (tertiary/aromatic N) is 1. The van der Waals surface area contributed by atoms with Crippen molar-refractivity contribution in [3.63, 3.8) is 0 Å². The highest BCUT2D eigenvalue weighted by Crippen LogP contribution is 2.30. The van der Waals surface area contributed by atoms with Crippen LogP contribution in [0.15, 0.2) is 24.3 Å². The first kappa shape index (κ1) is 10.2. The Kier molecular flexibility index (Phi) is 2.49. The van der Waals surface area contributed by atoms with E-state index in [2.05, 4.69) is 6.07 Å². The van der Waals surface area contributed by atoms with E-state index in [4.69, 9.17) is 5.73 Å². The standard InChI is InChI=1S/C12H16N2O/c1-8-4-3-5-9(6-8)12-10(13)7-11(15)14(12)2/h3-6,10,12H,7,13H2,1-2H3/t10-,12+/m1/s1. The zero-order chi connectivity index (χ0) is 11.0. The van der Waals surface area contributed by atoms with Crippen LogP contribution in [0.1, 0.15) is 23.6 Å². The van der Waals surface area contributed by atoms with Gasteiger partial charge in [-0.05, 0) is 12.5 Å². The predicted molar refractivity (Wildman–Crippen MR) is 59.3 cm³/mol. The molecule has 0 saturated carbocycles. The van der Waals surface area contributed by atoms with Crippen molar-refractivity contribution in [2.45, 2.75) is 25.4 Å². The summed E-state index contributed by atoms with van der Waals surface area (Å²) in [5, 5.41) is 0. The number of aryl methyl sites for hydroxylation is 1. The first-order valence-electron chi connectivity index (χ1n) is 5.17. The molecule has 0 spiro atoms. The molecule has 80 valence electrons. The van der Waals surface area contributed by atoms with Crippen LogP contribution in [0.3, 0.4) is 0 Å². The van der Waals surface area contributed by atoms with Gasteiger partial charge in [0.25, 0.3) is 0 Å². The van der Waals surface area contributed by atoms with Crippen molar-refractivity contribution in [3.05, 3.63) is 35.4 Å². The minimum atomic E-state index is -0.0794. The van der Waals surface area contributed by atoms with Gasteiger partial charge in [-0.25, -0.2) is 0 Å². The van der Waals surface area contributed by atoms with E-state index in [0.717, 1.165) is 5.56 Å². The van der Waals surface area contributed by atoms with Gasteiger partial charge < -0.3 is 10.6 Å². The third kappa shape index (κ3) is 1.75. The molecule has 1 amide bonds. The second kappa shape index (κ2) is 3.66. The number of hydrogen-bond acceptors (Lipinski definition) is 2.